The fourth-order valence-electron chi connectivity index (χ4n) is 3.40. The van der Waals surface area contributed by atoms with E-state index in [1.54, 1.807) is 0 Å². The van der Waals surface area contributed by atoms with Crippen molar-refractivity contribution in [3.8, 4) is 0 Å². The smallest absolute Gasteiger partial charge is 0.0278 e. The molecule has 2 atom stereocenters. The molecule has 1 heterocycles. The van der Waals surface area contributed by atoms with E-state index in [2.05, 4.69) is 69.1 Å². The number of benzene rings is 1. The molecule has 2 nitrogen and oxygen atoms in total. The lowest BCUT2D eigenvalue weighted by molar-refractivity contribution is 0.0613. The summed E-state index contributed by atoms with van der Waals surface area (Å²) < 4.78 is 0. The first kappa shape index (κ1) is 16.5. The van der Waals surface area contributed by atoms with Crippen molar-refractivity contribution in [1.82, 2.24) is 10.2 Å². The maximum absolute atomic E-state index is 3.77. The highest BCUT2D eigenvalue weighted by Gasteiger charge is 2.35. The average Bonchev–Trinajstić information content (AvgIpc) is 2.46. The molecular formula is C19H32N2. The van der Waals surface area contributed by atoms with Crippen LogP contribution in [0.4, 0.5) is 0 Å². The summed E-state index contributed by atoms with van der Waals surface area (Å²) in [7, 11) is 0. The molecule has 1 aliphatic heterocycles. The van der Waals surface area contributed by atoms with Crippen LogP contribution < -0.4 is 5.32 Å². The minimum atomic E-state index is 0.275. The molecular weight excluding hydrogens is 256 g/mol. The third kappa shape index (κ3) is 4.08. The molecule has 0 aliphatic carbocycles. The summed E-state index contributed by atoms with van der Waals surface area (Å²) in [4.78, 5) is 2.72. The fraction of sp³-hybridized carbons (Fsp3) is 0.684. The summed E-state index contributed by atoms with van der Waals surface area (Å²) >= 11 is 0. The van der Waals surface area contributed by atoms with E-state index < -0.39 is 0 Å². The topological polar surface area (TPSA) is 15.3 Å². The van der Waals surface area contributed by atoms with Crippen molar-refractivity contribution in [1.29, 1.82) is 0 Å². The highest BCUT2D eigenvalue weighted by molar-refractivity contribution is 5.25. The van der Waals surface area contributed by atoms with E-state index in [1.807, 2.05) is 0 Å². The van der Waals surface area contributed by atoms with Gasteiger partial charge in [-0.15, -0.1) is 0 Å². The van der Waals surface area contributed by atoms with Gasteiger partial charge in [0.1, 0.15) is 0 Å². The van der Waals surface area contributed by atoms with Crippen molar-refractivity contribution in [3.63, 3.8) is 0 Å². The quantitative estimate of drug-likeness (QED) is 0.890. The van der Waals surface area contributed by atoms with Gasteiger partial charge in [0.25, 0.3) is 0 Å². The molecule has 0 amide bonds. The second kappa shape index (κ2) is 6.93. The molecule has 1 aliphatic rings. The third-order valence-corrected chi connectivity index (χ3v) is 5.24. The average molecular weight is 288 g/mol. The van der Waals surface area contributed by atoms with Crippen LogP contribution in [-0.2, 0) is 6.42 Å². The molecule has 2 heteroatoms. The zero-order valence-corrected chi connectivity index (χ0v) is 14.4. The van der Waals surface area contributed by atoms with Crippen LogP contribution in [0.25, 0.3) is 0 Å². The Morgan fingerprint density at radius 1 is 1.33 bits per heavy atom. The Kier molecular flexibility index (Phi) is 5.45. The molecule has 1 N–H and O–H groups in total. The molecule has 0 aromatic heterocycles. The van der Waals surface area contributed by atoms with Crippen LogP contribution in [0.3, 0.4) is 0 Å². The zero-order valence-electron chi connectivity index (χ0n) is 14.4. The van der Waals surface area contributed by atoms with E-state index in [1.165, 1.54) is 24.1 Å². The van der Waals surface area contributed by atoms with Crippen LogP contribution in [0.5, 0.6) is 0 Å². The van der Waals surface area contributed by atoms with Crippen LogP contribution in [0, 0.1) is 12.8 Å². The molecule has 21 heavy (non-hydrogen) atoms. The summed E-state index contributed by atoms with van der Waals surface area (Å²) in [6.07, 6.45) is 2.36. The van der Waals surface area contributed by atoms with Crippen LogP contribution in [0.15, 0.2) is 24.3 Å². The lowest BCUT2D eigenvalue weighted by atomic mass is 9.89. The van der Waals surface area contributed by atoms with Gasteiger partial charge < -0.3 is 5.32 Å². The number of piperazine rings is 1. The molecule has 0 saturated carbocycles. The van der Waals surface area contributed by atoms with Gasteiger partial charge in [0, 0.05) is 31.2 Å². The number of hydrogen-bond donors (Lipinski definition) is 1. The van der Waals surface area contributed by atoms with E-state index in [4.69, 9.17) is 0 Å². The fourth-order valence-corrected chi connectivity index (χ4v) is 3.40. The monoisotopic (exact) mass is 288 g/mol. The number of hydrogen-bond acceptors (Lipinski definition) is 2. The first-order chi connectivity index (χ1) is 9.95. The van der Waals surface area contributed by atoms with Gasteiger partial charge in [-0.2, -0.15) is 0 Å². The maximum Gasteiger partial charge on any atom is 0.0278 e. The standard InChI is InChI=1S/C19H32N2/c1-6-19(5)14-21(18(13-20-19)15(2)3)12-11-17-10-8-7-9-16(17)4/h7-10,15,18,20H,6,11-14H2,1-5H3. The Balaban J connectivity index is 2.05. The van der Waals surface area contributed by atoms with Crippen molar-refractivity contribution < 1.29 is 0 Å². The van der Waals surface area contributed by atoms with E-state index >= 15 is 0 Å². The lowest BCUT2D eigenvalue weighted by Crippen LogP contribution is -2.64. The largest absolute Gasteiger partial charge is 0.309 e. The predicted molar refractivity (Wildman–Crippen MR) is 91.8 cm³/mol. The van der Waals surface area contributed by atoms with Crippen molar-refractivity contribution in [2.45, 2.75) is 59.0 Å². The summed E-state index contributed by atoms with van der Waals surface area (Å²) in [5.41, 5.74) is 3.20. The number of nitrogens with zero attached hydrogens (tertiary/aromatic N) is 1. The van der Waals surface area contributed by atoms with E-state index in [-0.39, 0.29) is 5.54 Å². The molecule has 118 valence electrons. The van der Waals surface area contributed by atoms with Gasteiger partial charge in [0.2, 0.25) is 0 Å². The van der Waals surface area contributed by atoms with Crippen molar-refractivity contribution in [3.05, 3.63) is 35.4 Å². The number of rotatable bonds is 5. The van der Waals surface area contributed by atoms with Crippen molar-refractivity contribution in [2.75, 3.05) is 19.6 Å². The molecule has 1 aromatic carbocycles. The minimum absolute atomic E-state index is 0.275. The van der Waals surface area contributed by atoms with E-state index in [0.29, 0.717) is 12.0 Å². The van der Waals surface area contributed by atoms with Gasteiger partial charge in [0.05, 0.1) is 0 Å². The normalized spacial score (nSPS) is 27.2. The lowest BCUT2D eigenvalue weighted by Gasteiger charge is -2.47. The maximum atomic E-state index is 3.77. The summed E-state index contributed by atoms with van der Waals surface area (Å²) in [5.74, 6) is 0.704. The van der Waals surface area contributed by atoms with Crippen molar-refractivity contribution >= 4 is 0 Å². The highest BCUT2D eigenvalue weighted by atomic mass is 15.3. The van der Waals surface area contributed by atoms with Gasteiger partial charge in [-0.05, 0) is 43.7 Å². The van der Waals surface area contributed by atoms with Gasteiger partial charge in [-0.25, -0.2) is 0 Å². The Labute approximate surface area is 130 Å². The minimum Gasteiger partial charge on any atom is -0.309 e. The van der Waals surface area contributed by atoms with E-state index in [9.17, 15) is 0 Å². The molecule has 0 radical (unpaired) electrons. The number of nitrogens with one attached hydrogen (secondary N) is 1. The molecule has 1 saturated heterocycles. The van der Waals surface area contributed by atoms with Gasteiger partial charge in [-0.1, -0.05) is 45.0 Å². The van der Waals surface area contributed by atoms with Crippen LogP contribution >= 0.6 is 0 Å². The molecule has 2 rings (SSSR count). The Hall–Kier alpha value is -0.860. The summed E-state index contributed by atoms with van der Waals surface area (Å²) in [6.45, 7) is 15.0. The highest BCUT2D eigenvalue weighted by Crippen LogP contribution is 2.23. The first-order valence-corrected chi connectivity index (χ1v) is 8.49. The molecule has 0 spiro atoms. The predicted octanol–water partition coefficient (Wildman–Crippen LogP) is 3.64. The molecule has 0 bridgehead atoms. The van der Waals surface area contributed by atoms with Gasteiger partial charge in [0.15, 0.2) is 0 Å². The second-order valence-electron chi connectivity index (χ2n) is 7.25. The van der Waals surface area contributed by atoms with E-state index in [0.717, 1.165) is 19.5 Å². The Morgan fingerprint density at radius 2 is 2.05 bits per heavy atom. The molecule has 1 fully saturated rings. The van der Waals surface area contributed by atoms with Crippen LogP contribution in [0.2, 0.25) is 0 Å². The Morgan fingerprint density at radius 3 is 2.67 bits per heavy atom. The number of aryl methyl sites for hydroxylation is 1. The van der Waals surface area contributed by atoms with Crippen molar-refractivity contribution in [2.24, 2.45) is 5.92 Å². The summed E-state index contributed by atoms with van der Waals surface area (Å²) in [6, 6.07) is 9.46. The molecule has 2 unspecified atom stereocenters. The molecule has 1 aromatic rings. The van der Waals surface area contributed by atoms with Gasteiger partial charge >= 0.3 is 0 Å². The summed E-state index contributed by atoms with van der Waals surface area (Å²) in [5, 5.41) is 3.77. The first-order valence-electron chi connectivity index (χ1n) is 8.49. The van der Waals surface area contributed by atoms with Crippen LogP contribution in [-0.4, -0.2) is 36.1 Å². The Bertz CT molecular complexity index is 455. The van der Waals surface area contributed by atoms with Gasteiger partial charge in [-0.3, -0.25) is 4.90 Å². The SMILES string of the molecule is CCC1(C)CN(CCc2ccccc2C)C(C(C)C)CN1. The van der Waals surface area contributed by atoms with Crippen LogP contribution in [0.1, 0.15) is 45.2 Å². The second-order valence-corrected chi connectivity index (χ2v) is 7.25. The zero-order chi connectivity index (χ0) is 15.5. The third-order valence-electron chi connectivity index (χ3n) is 5.24.